The lowest BCUT2D eigenvalue weighted by Gasteiger charge is -2.12. The van der Waals surface area contributed by atoms with Gasteiger partial charge in [-0.15, -0.1) is 17.9 Å². The number of fused-ring (bicyclic) bond motifs is 3. The van der Waals surface area contributed by atoms with E-state index in [-0.39, 0.29) is 5.56 Å². The third kappa shape index (κ3) is 4.22. The van der Waals surface area contributed by atoms with E-state index < -0.39 is 0 Å². The molecule has 1 aliphatic carbocycles. The van der Waals surface area contributed by atoms with Crippen molar-refractivity contribution in [2.24, 2.45) is 0 Å². The summed E-state index contributed by atoms with van der Waals surface area (Å²) in [6.07, 6.45) is 6.03. The van der Waals surface area contributed by atoms with Crippen LogP contribution < -0.4 is 10.3 Å². The molecule has 5 rings (SSSR count). The Kier molecular flexibility index (Phi) is 6.32. The van der Waals surface area contributed by atoms with E-state index in [1.807, 2.05) is 31.2 Å². The Balaban J connectivity index is 1.44. The number of aromatic nitrogens is 4. The maximum absolute atomic E-state index is 13.4. The van der Waals surface area contributed by atoms with Crippen LogP contribution >= 0.6 is 23.1 Å². The summed E-state index contributed by atoms with van der Waals surface area (Å²) < 4.78 is 12.9. The Morgan fingerprint density at radius 3 is 2.97 bits per heavy atom. The third-order valence-corrected chi connectivity index (χ3v) is 7.72. The number of hydrogen-bond acceptors (Lipinski definition) is 8. The van der Waals surface area contributed by atoms with Gasteiger partial charge >= 0.3 is 0 Å². The normalized spacial score (nSPS) is 13.2. The lowest BCUT2D eigenvalue weighted by atomic mass is 9.97. The summed E-state index contributed by atoms with van der Waals surface area (Å²) in [5.41, 5.74) is 1.99. The molecule has 0 radical (unpaired) electrons. The Morgan fingerprint density at radius 1 is 1.27 bits per heavy atom. The highest BCUT2D eigenvalue weighted by molar-refractivity contribution is 7.98. The van der Waals surface area contributed by atoms with Crippen molar-refractivity contribution >= 4 is 33.3 Å². The first-order chi connectivity index (χ1) is 16.2. The van der Waals surface area contributed by atoms with Crippen molar-refractivity contribution in [1.82, 2.24) is 19.7 Å². The molecule has 9 heteroatoms. The molecule has 33 heavy (non-hydrogen) atoms. The van der Waals surface area contributed by atoms with Crippen LogP contribution in [0.2, 0.25) is 0 Å². The second-order valence-electron chi connectivity index (χ2n) is 7.72. The number of ether oxygens (including phenoxy) is 1. The standard InChI is InChI=1S/C24H24N4O3S2/c1-3-13-28-23(29)20-16-10-6-8-12-18(16)33-22(20)26-24(28)32-14-19-25-21(27-31-19)15-9-5-7-11-17(15)30-4-2/h3,5,7,9,11H,1,4,6,8,10,12-14H2,2H3. The van der Waals surface area contributed by atoms with Gasteiger partial charge in [-0.05, 0) is 50.3 Å². The van der Waals surface area contributed by atoms with Crippen molar-refractivity contribution < 1.29 is 9.26 Å². The number of nitrogens with zero attached hydrogens (tertiary/aromatic N) is 4. The minimum atomic E-state index is 0.0126. The first kappa shape index (κ1) is 21.9. The molecule has 0 atom stereocenters. The molecular formula is C24H24N4O3S2. The maximum atomic E-state index is 13.4. The molecule has 0 fully saturated rings. The fraction of sp³-hybridized carbons (Fsp3) is 0.333. The minimum absolute atomic E-state index is 0.0126. The van der Waals surface area contributed by atoms with E-state index >= 15 is 0 Å². The van der Waals surface area contributed by atoms with Gasteiger partial charge in [-0.3, -0.25) is 9.36 Å². The van der Waals surface area contributed by atoms with Gasteiger partial charge in [0.15, 0.2) is 5.16 Å². The second kappa shape index (κ2) is 9.52. The van der Waals surface area contributed by atoms with Crippen LogP contribution in [-0.4, -0.2) is 26.3 Å². The van der Waals surface area contributed by atoms with Crippen LogP contribution in [0.5, 0.6) is 5.75 Å². The van der Waals surface area contributed by atoms with Crippen LogP contribution in [0.15, 0.2) is 51.4 Å². The first-order valence-corrected chi connectivity index (χ1v) is 12.8. The zero-order valence-electron chi connectivity index (χ0n) is 18.4. The molecule has 0 amide bonds. The molecule has 170 valence electrons. The number of benzene rings is 1. The van der Waals surface area contributed by atoms with Gasteiger partial charge < -0.3 is 9.26 Å². The lowest BCUT2D eigenvalue weighted by molar-refractivity contribution is 0.341. The number of rotatable bonds is 8. The molecule has 3 heterocycles. The van der Waals surface area contributed by atoms with Crippen molar-refractivity contribution in [3.63, 3.8) is 0 Å². The van der Waals surface area contributed by atoms with Crippen molar-refractivity contribution in [1.29, 1.82) is 0 Å². The van der Waals surface area contributed by atoms with E-state index in [9.17, 15) is 4.79 Å². The largest absolute Gasteiger partial charge is 0.493 e. The van der Waals surface area contributed by atoms with Gasteiger partial charge in [0.25, 0.3) is 5.56 Å². The van der Waals surface area contributed by atoms with Crippen molar-refractivity contribution in [3.05, 3.63) is 63.6 Å². The molecule has 0 unspecified atom stereocenters. The molecule has 1 aliphatic rings. The zero-order valence-corrected chi connectivity index (χ0v) is 20.0. The van der Waals surface area contributed by atoms with Gasteiger partial charge in [0.1, 0.15) is 10.6 Å². The third-order valence-electron chi connectivity index (χ3n) is 5.57. The number of thioether (sulfide) groups is 1. The summed E-state index contributed by atoms with van der Waals surface area (Å²) in [5, 5.41) is 5.55. The quantitative estimate of drug-likeness (QED) is 0.193. The molecule has 4 aromatic rings. The van der Waals surface area contributed by atoms with Crippen molar-refractivity contribution in [2.45, 2.75) is 50.1 Å². The molecule has 0 saturated heterocycles. The molecule has 1 aromatic carbocycles. The summed E-state index contributed by atoms with van der Waals surface area (Å²) in [5.74, 6) is 2.07. The number of para-hydroxylation sites is 1. The fourth-order valence-electron chi connectivity index (χ4n) is 4.10. The molecular weight excluding hydrogens is 456 g/mol. The van der Waals surface area contributed by atoms with Crippen LogP contribution in [-0.2, 0) is 25.1 Å². The summed E-state index contributed by atoms with van der Waals surface area (Å²) in [4.78, 5) is 24.9. The smallest absolute Gasteiger partial charge is 0.263 e. The maximum Gasteiger partial charge on any atom is 0.263 e. The highest BCUT2D eigenvalue weighted by Gasteiger charge is 2.22. The molecule has 3 aromatic heterocycles. The Hall–Kier alpha value is -2.91. The molecule has 0 N–H and O–H groups in total. The van der Waals surface area contributed by atoms with Crippen LogP contribution in [0.3, 0.4) is 0 Å². The second-order valence-corrected chi connectivity index (χ2v) is 9.75. The monoisotopic (exact) mass is 480 g/mol. The SMILES string of the molecule is C=CCn1c(SCc2nc(-c3ccccc3OCC)no2)nc2sc3c(c2c1=O)CCCC3. The average molecular weight is 481 g/mol. The van der Waals surface area contributed by atoms with Crippen LogP contribution in [0, 0.1) is 0 Å². The number of hydrogen-bond donors (Lipinski definition) is 0. The Bertz CT molecular complexity index is 1370. The number of aryl methyl sites for hydroxylation is 2. The number of allylic oxidation sites excluding steroid dienone is 1. The molecule has 0 spiro atoms. The highest BCUT2D eigenvalue weighted by atomic mass is 32.2. The Morgan fingerprint density at radius 2 is 2.12 bits per heavy atom. The van der Waals surface area contributed by atoms with E-state index in [0.29, 0.717) is 41.5 Å². The van der Waals surface area contributed by atoms with E-state index in [1.165, 1.54) is 28.6 Å². The summed E-state index contributed by atoms with van der Waals surface area (Å²) >= 11 is 3.08. The topological polar surface area (TPSA) is 83.0 Å². The predicted octanol–water partition coefficient (Wildman–Crippen LogP) is 5.26. The molecule has 0 aliphatic heterocycles. The van der Waals surface area contributed by atoms with Crippen LogP contribution in [0.4, 0.5) is 0 Å². The number of thiophene rings is 1. The highest BCUT2D eigenvalue weighted by Crippen LogP contribution is 2.35. The predicted molar refractivity (Wildman–Crippen MR) is 131 cm³/mol. The van der Waals surface area contributed by atoms with Gasteiger partial charge in [-0.2, -0.15) is 4.98 Å². The first-order valence-electron chi connectivity index (χ1n) is 11.0. The van der Waals surface area contributed by atoms with E-state index in [4.69, 9.17) is 14.2 Å². The van der Waals surface area contributed by atoms with Gasteiger partial charge in [-0.1, -0.05) is 35.1 Å². The van der Waals surface area contributed by atoms with Crippen LogP contribution in [0.25, 0.3) is 21.6 Å². The lowest BCUT2D eigenvalue weighted by Crippen LogP contribution is -2.23. The van der Waals surface area contributed by atoms with Gasteiger partial charge in [0, 0.05) is 11.4 Å². The average Bonchev–Trinajstić information content (AvgIpc) is 3.45. The van der Waals surface area contributed by atoms with Crippen molar-refractivity contribution in [2.75, 3.05) is 6.61 Å². The zero-order chi connectivity index (χ0) is 22.8. The Labute approximate surface area is 199 Å². The van der Waals surface area contributed by atoms with E-state index in [0.717, 1.165) is 35.0 Å². The molecule has 0 saturated carbocycles. The van der Waals surface area contributed by atoms with E-state index in [2.05, 4.69) is 16.7 Å². The summed E-state index contributed by atoms with van der Waals surface area (Å²) in [6, 6.07) is 7.62. The minimum Gasteiger partial charge on any atom is -0.493 e. The summed E-state index contributed by atoms with van der Waals surface area (Å²) in [7, 11) is 0. The summed E-state index contributed by atoms with van der Waals surface area (Å²) in [6.45, 7) is 6.72. The van der Waals surface area contributed by atoms with Gasteiger partial charge in [-0.25, -0.2) is 4.98 Å². The molecule has 0 bridgehead atoms. The van der Waals surface area contributed by atoms with Gasteiger partial charge in [0.05, 0.1) is 23.3 Å². The van der Waals surface area contributed by atoms with Crippen molar-refractivity contribution in [3.8, 4) is 17.1 Å². The fourth-order valence-corrected chi connectivity index (χ4v) is 6.25. The van der Waals surface area contributed by atoms with Crippen LogP contribution in [0.1, 0.15) is 36.1 Å². The molecule has 7 nitrogen and oxygen atoms in total. The van der Waals surface area contributed by atoms with Gasteiger partial charge in [0.2, 0.25) is 11.7 Å². The van der Waals surface area contributed by atoms with E-state index in [1.54, 1.807) is 22.0 Å².